The van der Waals surface area contributed by atoms with Gasteiger partial charge in [-0.05, 0) is 48.9 Å². The molecule has 1 aromatic carbocycles. The Morgan fingerprint density at radius 3 is 3.00 bits per heavy atom. The Morgan fingerprint density at radius 1 is 1.26 bits per heavy atom. The summed E-state index contributed by atoms with van der Waals surface area (Å²) in [4.78, 5) is 2.48. The van der Waals surface area contributed by atoms with Gasteiger partial charge in [0.05, 0.1) is 19.8 Å². The minimum atomic E-state index is 0.0990. The second-order valence-corrected chi connectivity index (χ2v) is 6.89. The van der Waals surface area contributed by atoms with Gasteiger partial charge in [0, 0.05) is 13.1 Å². The Bertz CT molecular complexity index is 522. The molecule has 2 heterocycles. The van der Waals surface area contributed by atoms with Crippen LogP contribution in [0.15, 0.2) is 18.2 Å². The molecule has 0 aromatic heterocycles. The number of likely N-dealkylation sites (tertiary alicyclic amines) is 1. The van der Waals surface area contributed by atoms with Crippen LogP contribution in [0, 0.1) is 5.41 Å². The summed E-state index contributed by atoms with van der Waals surface area (Å²) >= 11 is 0. The van der Waals surface area contributed by atoms with E-state index in [9.17, 15) is 0 Å². The van der Waals surface area contributed by atoms with Gasteiger partial charge in [0.15, 0.2) is 11.5 Å². The Balaban J connectivity index is 1.55. The van der Waals surface area contributed by atoms with Crippen LogP contribution < -0.4 is 9.47 Å². The third-order valence-electron chi connectivity index (χ3n) is 4.72. The van der Waals surface area contributed by atoms with Gasteiger partial charge in [-0.25, -0.2) is 0 Å². The van der Waals surface area contributed by atoms with Crippen LogP contribution >= 0.6 is 0 Å². The molecule has 2 aliphatic heterocycles. The molecule has 0 aliphatic carbocycles. The first kappa shape index (κ1) is 16.6. The molecule has 0 amide bonds. The molecular weight excluding hydrogens is 294 g/mol. The number of aliphatic hydroxyl groups excluding tert-OH is 1. The second kappa shape index (κ2) is 7.51. The second-order valence-electron chi connectivity index (χ2n) is 6.89. The number of fused-ring (bicyclic) bond motifs is 1. The highest BCUT2D eigenvalue weighted by molar-refractivity contribution is 5.44. The van der Waals surface area contributed by atoms with Crippen molar-refractivity contribution in [2.45, 2.75) is 26.2 Å². The Kier molecular flexibility index (Phi) is 5.41. The van der Waals surface area contributed by atoms with E-state index in [0.717, 1.165) is 37.6 Å². The van der Waals surface area contributed by atoms with Gasteiger partial charge in [-0.2, -0.15) is 0 Å². The molecular formula is C18H27NO4. The molecule has 0 spiro atoms. The molecule has 0 saturated carbocycles. The largest absolute Gasteiger partial charge is 0.454 e. The molecule has 23 heavy (non-hydrogen) atoms. The maximum absolute atomic E-state index is 8.76. The van der Waals surface area contributed by atoms with E-state index in [1.165, 1.54) is 18.4 Å². The van der Waals surface area contributed by atoms with Crippen LogP contribution in [0.3, 0.4) is 0 Å². The highest BCUT2D eigenvalue weighted by Gasteiger charge is 2.31. The van der Waals surface area contributed by atoms with Crippen LogP contribution in [0.2, 0.25) is 0 Å². The lowest BCUT2D eigenvalue weighted by molar-refractivity contribution is 0.0453. The van der Waals surface area contributed by atoms with Crippen molar-refractivity contribution < 1.29 is 19.3 Å². The van der Waals surface area contributed by atoms with Crippen LogP contribution in [-0.2, 0) is 11.2 Å². The number of hydrogen-bond donors (Lipinski definition) is 1. The zero-order valence-corrected chi connectivity index (χ0v) is 13.9. The SMILES string of the molecule is C[C@]1(Cc2ccc3c(c2)OCO3)CCCN(CCOCCO)C1. The molecule has 0 bridgehead atoms. The van der Waals surface area contributed by atoms with Crippen molar-refractivity contribution >= 4 is 0 Å². The van der Waals surface area contributed by atoms with Gasteiger partial charge in [-0.3, -0.25) is 0 Å². The molecule has 1 fully saturated rings. The molecule has 1 atom stereocenters. The number of rotatable bonds is 7. The van der Waals surface area contributed by atoms with Crippen molar-refractivity contribution in [1.29, 1.82) is 0 Å². The van der Waals surface area contributed by atoms with E-state index in [1.807, 2.05) is 6.07 Å². The highest BCUT2D eigenvalue weighted by Crippen LogP contribution is 2.37. The molecule has 5 heteroatoms. The van der Waals surface area contributed by atoms with Crippen LogP contribution in [0.25, 0.3) is 0 Å². The van der Waals surface area contributed by atoms with Crippen molar-refractivity contribution in [2.75, 3.05) is 46.2 Å². The number of piperidine rings is 1. The smallest absolute Gasteiger partial charge is 0.231 e. The van der Waals surface area contributed by atoms with Crippen molar-refractivity contribution in [1.82, 2.24) is 4.90 Å². The Labute approximate surface area is 138 Å². The topological polar surface area (TPSA) is 51.2 Å². The predicted molar refractivity (Wildman–Crippen MR) is 88.0 cm³/mol. The third-order valence-corrected chi connectivity index (χ3v) is 4.72. The summed E-state index contributed by atoms with van der Waals surface area (Å²) in [5.41, 5.74) is 1.60. The molecule has 2 aliphatic rings. The Morgan fingerprint density at radius 2 is 2.13 bits per heavy atom. The molecule has 0 radical (unpaired) electrons. The summed E-state index contributed by atoms with van der Waals surface area (Å²) in [7, 11) is 0. The van der Waals surface area contributed by atoms with Crippen LogP contribution in [0.5, 0.6) is 11.5 Å². The first-order valence-corrected chi connectivity index (χ1v) is 8.48. The quantitative estimate of drug-likeness (QED) is 0.779. The lowest BCUT2D eigenvalue weighted by atomic mass is 9.77. The molecule has 0 unspecified atom stereocenters. The van der Waals surface area contributed by atoms with Gasteiger partial charge in [0.25, 0.3) is 0 Å². The fourth-order valence-electron chi connectivity index (χ4n) is 3.67. The number of aliphatic hydroxyl groups is 1. The Hall–Kier alpha value is -1.30. The third kappa shape index (κ3) is 4.37. The average Bonchev–Trinajstić information content (AvgIpc) is 2.99. The van der Waals surface area contributed by atoms with Crippen molar-refractivity contribution in [3.05, 3.63) is 23.8 Å². The van der Waals surface area contributed by atoms with Gasteiger partial charge in [-0.1, -0.05) is 13.0 Å². The van der Waals surface area contributed by atoms with Crippen molar-refractivity contribution in [3.8, 4) is 11.5 Å². The molecule has 1 aromatic rings. The normalized spacial score (nSPS) is 24.1. The summed E-state index contributed by atoms with van der Waals surface area (Å²) in [6.07, 6.45) is 3.52. The summed E-state index contributed by atoms with van der Waals surface area (Å²) in [5, 5.41) is 8.76. The van der Waals surface area contributed by atoms with E-state index in [4.69, 9.17) is 19.3 Å². The predicted octanol–water partition coefficient (Wildman–Crippen LogP) is 2.07. The van der Waals surface area contributed by atoms with E-state index in [-0.39, 0.29) is 12.0 Å². The summed E-state index contributed by atoms with van der Waals surface area (Å²) in [6.45, 7) is 7.10. The average molecular weight is 321 g/mol. The summed E-state index contributed by atoms with van der Waals surface area (Å²) in [5.74, 6) is 1.72. The summed E-state index contributed by atoms with van der Waals surface area (Å²) < 4.78 is 16.3. The molecule has 128 valence electrons. The lowest BCUT2D eigenvalue weighted by Gasteiger charge is -2.40. The number of ether oxygens (including phenoxy) is 3. The van der Waals surface area contributed by atoms with Gasteiger partial charge in [0.2, 0.25) is 6.79 Å². The van der Waals surface area contributed by atoms with Gasteiger partial charge >= 0.3 is 0 Å². The zero-order valence-electron chi connectivity index (χ0n) is 13.9. The highest BCUT2D eigenvalue weighted by atomic mass is 16.7. The lowest BCUT2D eigenvalue weighted by Crippen LogP contribution is -2.44. The number of benzene rings is 1. The van der Waals surface area contributed by atoms with Crippen LogP contribution in [0.4, 0.5) is 0 Å². The van der Waals surface area contributed by atoms with E-state index in [2.05, 4.69) is 24.0 Å². The van der Waals surface area contributed by atoms with E-state index in [1.54, 1.807) is 0 Å². The van der Waals surface area contributed by atoms with Crippen LogP contribution in [-0.4, -0.2) is 56.3 Å². The number of hydrogen-bond acceptors (Lipinski definition) is 5. The van der Waals surface area contributed by atoms with E-state index >= 15 is 0 Å². The monoisotopic (exact) mass is 321 g/mol. The molecule has 1 N–H and O–H groups in total. The zero-order chi connectivity index (χ0) is 16.1. The fraction of sp³-hybridized carbons (Fsp3) is 0.667. The minimum absolute atomic E-state index is 0.0990. The molecule has 1 saturated heterocycles. The van der Waals surface area contributed by atoms with Gasteiger partial charge in [0.1, 0.15) is 0 Å². The van der Waals surface area contributed by atoms with Gasteiger partial charge < -0.3 is 24.2 Å². The standard InChI is InChI=1S/C18H27NO4/c1-18(5-2-6-19(13-18)7-9-21-10-8-20)12-15-3-4-16-17(11-15)23-14-22-16/h3-4,11,20H,2,5-10,12-14H2,1H3/t18-/m1/s1. The first-order valence-electron chi connectivity index (χ1n) is 8.48. The molecule has 3 rings (SSSR count). The van der Waals surface area contributed by atoms with Crippen LogP contribution in [0.1, 0.15) is 25.3 Å². The van der Waals surface area contributed by atoms with E-state index < -0.39 is 0 Å². The number of nitrogens with zero attached hydrogens (tertiary/aromatic N) is 1. The maximum Gasteiger partial charge on any atom is 0.231 e. The summed E-state index contributed by atoms with van der Waals surface area (Å²) in [6, 6.07) is 6.29. The van der Waals surface area contributed by atoms with Gasteiger partial charge in [-0.15, -0.1) is 0 Å². The first-order chi connectivity index (χ1) is 11.2. The van der Waals surface area contributed by atoms with E-state index in [0.29, 0.717) is 20.0 Å². The maximum atomic E-state index is 8.76. The fourth-order valence-corrected chi connectivity index (χ4v) is 3.67. The molecule has 5 nitrogen and oxygen atoms in total. The van der Waals surface area contributed by atoms with Crippen molar-refractivity contribution in [2.24, 2.45) is 5.41 Å². The minimum Gasteiger partial charge on any atom is -0.454 e. The van der Waals surface area contributed by atoms with Crippen molar-refractivity contribution in [3.63, 3.8) is 0 Å².